The summed E-state index contributed by atoms with van der Waals surface area (Å²) in [4.78, 5) is 10.5. The number of halogens is 1. The van der Waals surface area contributed by atoms with E-state index in [0.29, 0.717) is 0 Å². The van der Waals surface area contributed by atoms with Crippen LogP contribution >= 0.6 is 11.8 Å². The highest BCUT2D eigenvalue weighted by molar-refractivity contribution is 6.19. The van der Waals surface area contributed by atoms with E-state index in [-0.39, 0.29) is 4.58 Å². The van der Waals surface area contributed by atoms with Crippen LogP contribution in [-0.2, 0) is 4.74 Å². The number of amides is 1. The molecule has 0 radical (unpaired) electrons. The lowest BCUT2D eigenvalue weighted by molar-refractivity contribution is -0.0361. The van der Waals surface area contributed by atoms with Crippen LogP contribution in [0.15, 0.2) is 0 Å². The van der Waals surface area contributed by atoms with Crippen molar-refractivity contribution in [3.8, 4) is 0 Å². The van der Waals surface area contributed by atoms with E-state index in [1.54, 1.807) is 20.8 Å². The van der Waals surface area contributed by atoms with Crippen molar-refractivity contribution in [2.24, 2.45) is 0 Å². The van der Waals surface area contributed by atoms with Gasteiger partial charge in [-0.15, -0.1) is 0 Å². The van der Waals surface area contributed by atoms with Gasteiger partial charge in [0.2, 0.25) is 0 Å². The minimum Gasteiger partial charge on any atom is -0.441 e. The van der Waals surface area contributed by atoms with Crippen molar-refractivity contribution in [1.82, 2.24) is 4.58 Å². The summed E-state index contributed by atoms with van der Waals surface area (Å²) in [5, 5.41) is 8.31. The SMILES string of the molecule is CC(C)(C)OC(=O)N(O)Cl. The Morgan fingerprint density at radius 3 is 2.10 bits per heavy atom. The quantitative estimate of drug-likeness (QED) is 0.340. The smallest absolute Gasteiger partial charge is 0.441 e. The molecule has 0 spiro atoms. The van der Waals surface area contributed by atoms with Crippen molar-refractivity contribution in [3.63, 3.8) is 0 Å². The molecule has 10 heavy (non-hydrogen) atoms. The third-order valence-electron chi connectivity index (χ3n) is 0.544. The van der Waals surface area contributed by atoms with E-state index in [4.69, 9.17) is 17.0 Å². The molecule has 0 saturated carbocycles. The van der Waals surface area contributed by atoms with Crippen LogP contribution in [0.2, 0.25) is 0 Å². The lowest BCUT2D eigenvalue weighted by Crippen LogP contribution is -2.29. The van der Waals surface area contributed by atoms with Crippen LogP contribution in [0.4, 0.5) is 4.79 Å². The van der Waals surface area contributed by atoms with E-state index < -0.39 is 11.7 Å². The van der Waals surface area contributed by atoms with Crippen LogP contribution < -0.4 is 0 Å². The highest BCUT2D eigenvalue weighted by Crippen LogP contribution is 2.09. The van der Waals surface area contributed by atoms with Crippen molar-refractivity contribution in [2.75, 3.05) is 0 Å². The summed E-state index contributed by atoms with van der Waals surface area (Å²) in [5.74, 6) is 0. The number of hydrogen-bond donors (Lipinski definition) is 1. The predicted molar refractivity (Wildman–Crippen MR) is 35.7 cm³/mol. The van der Waals surface area contributed by atoms with Crippen molar-refractivity contribution in [3.05, 3.63) is 0 Å². The number of hydroxylamine groups is 1. The summed E-state index contributed by atoms with van der Waals surface area (Å²) in [5.41, 5.74) is -0.632. The molecule has 4 nitrogen and oxygen atoms in total. The van der Waals surface area contributed by atoms with Gasteiger partial charge in [0.1, 0.15) is 5.60 Å². The van der Waals surface area contributed by atoms with Crippen molar-refractivity contribution < 1.29 is 14.7 Å². The molecular formula is C5H10ClNO3. The average molecular weight is 168 g/mol. The zero-order valence-electron chi connectivity index (χ0n) is 6.09. The van der Waals surface area contributed by atoms with Crippen LogP contribution in [-0.4, -0.2) is 21.5 Å². The van der Waals surface area contributed by atoms with Crippen molar-refractivity contribution in [1.29, 1.82) is 0 Å². The van der Waals surface area contributed by atoms with E-state index in [9.17, 15) is 4.79 Å². The summed E-state index contributed by atoms with van der Waals surface area (Å²) in [6.07, 6.45) is -0.978. The Labute approximate surface area is 64.4 Å². The molecule has 0 aromatic carbocycles. The lowest BCUT2D eigenvalue weighted by atomic mass is 10.2. The maximum atomic E-state index is 10.5. The molecule has 0 aliphatic rings. The third kappa shape index (κ3) is 4.40. The normalized spacial score (nSPS) is 10.9. The number of carbonyl (C=O) groups is 1. The van der Waals surface area contributed by atoms with Gasteiger partial charge in [0.15, 0.2) is 0 Å². The van der Waals surface area contributed by atoms with Gasteiger partial charge in [-0.1, -0.05) is 4.58 Å². The summed E-state index contributed by atoms with van der Waals surface area (Å²) in [6, 6.07) is 0. The Bertz CT molecular complexity index is 129. The molecule has 5 heteroatoms. The fourth-order valence-electron chi connectivity index (χ4n) is 0.300. The molecule has 0 rings (SSSR count). The van der Waals surface area contributed by atoms with Gasteiger partial charge in [0.05, 0.1) is 0 Å². The summed E-state index contributed by atoms with van der Waals surface area (Å²) < 4.78 is 4.48. The summed E-state index contributed by atoms with van der Waals surface area (Å²) in [6.45, 7) is 5.02. The first-order chi connectivity index (χ1) is 4.33. The summed E-state index contributed by atoms with van der Waals surface area (Å²) in [7, 11) is 0. The maximum absolute atomic E-state index is 10.5. The molecule has 60 valence electrons. The van der Waals surface area contributed by atoms with Gasteiger partial charge >= 0.3 is 6.09 Å². The molecule has 0 saturated heterocycles. The largest absolute Gasteiger partial charge is 0.450 e. The lowest BCUT2D eigenvalue weighted by Gasteiger charge is -2.19. The van der Waals surface area contributed by atoms with Gasteiger partial charge in [0, 0.05) is 11.8 Å². The molecule has 0 aliphatic carbocycles. The Kier molecular flexibility index (Phi) is 2.93. The molecule has 1 N–H and O–H groups in total. The standard InChI is InChI=1S/C5H10ClNO3/c1-5(2,3)10-4(8)7(6)9/h9H,1-3H3. The average Bonchev–Trinajstić information content (AvgIpc) is 1.60. The van der Waals surface area contributed by atoms with E-state index >= 15 is 0 Å². The first kappa shape index (κ1) is 9.52. The minimum atomic E-state index is -0.978. The van der Waals surface area contributed by atoms with E-state index in [1.807, 2.05) is 0 Å². The Balaban J connectivity index is 3.81. The molecule has 0 aromatic heterocycles. The minimum absolute atomic E-state index is 0.120. The predicted octanol–water partition coefficient (Wildman–Crippen LogP) is 1.77. The first-order valence-electron chi connectivity index (χ1n) is 2.71. The zero-order valence-corrected chi connectivity index (χ0v) is 6.84. The van der Waals surface area contributed by atoms with E-state index in [0.717, 1.165) is 0 Å². The Morgan fingerprint density at radius 2 is 2.00 bits per heavy atom. The van der Waals surface area contributed by atoms with Crippen molar-refractivity contribution >= 4 is 17.9 Å². The molecule has 1 amide bonds. The molecule has 0 bridgehead atoms. The fourth-order valence-corrected chi connectivity index (χ4v) is 0.334. The maximum Gasteiger partial charge on any atom is 0.450 e. The molecule has 0 aromatic rings. The second kappa shape index (κ2) is 3.07. The van der Waals surface area contributed by atoms with E-state index in [2.05, 4.69) is 4.74 Å². The van der Waals surface area contributed by atoms with Gasteiger partial charge in [-0.25, -0.2) is 4.79 Å². The molecule has 0 fully saturated rings. The Hall–Kier alpha value is -0.480. The van der Waals surface area contributed by atoms with Crippen LogP contribution in [0.3, 0.4) is 0 Å². The number of carbonyl (C=O) groups excluding carboxylic acids is 1. The second-order valence-electron chi connectivity index (χ2n) is 2.74. The topological polar surface area (TPSA) is 49.8 Å². The van der Waals surface area contributed by atoms with E-state index in [1.165, 1.54) is 0 Å². The van der Waals surface area contributed by atoms with Gasteiger partial charge in [0.25, 0.3) is 0 Å². The molecule has 0 atom stereocenters. The Morgan fingerprint density at radius 1 is 1.60 bits per heavy atom. The van der Waals surface area contributed by atoms with Crippen LogP contribution in [0.1, 0.15) is 20.8 Å². The highest BCUT2D eigenvalue weighted by Gasteiger charge is 2.19. The second-order valence-corrected chi connectivity index (χ2v) is 3.06. The highest BCUT2D eigenvalue weighted by atomic mass is 35.5. The molecular weight excluding hydrogens is 158 g/mol. The monoisotopic (exact) mass is 167 g/mol. The number of ether oxygens (including phenoxy) is 1. The van der Waals surface area contributed by atoms with Gasteiger partial charge in [-0.3, -0.25) is 5.21 Å². The molecule has 0 unspecified atom stereocenters. The first-order valence-corrected chi connectivity index (χ1v) is 3.04. The molecule has 0 heterocycles. The van der Waals surface area contributed by atoms with Gasteiger partial charge in [-0.2, -0.15) is 0 Å². The van der Waals surface area contributed by atoms with Gasteiger partial charge < -0.3 is 4.74 Å². The van der Waals surface area contributed by atoms with Gasteiger partial charge in [-0.05, 0) is 20.8 Å². The summed E-state index contributed by atoms with van der Waals surface area (Å²) >= 11 is 4.85. The zero-order chi connectivity index (χ0) is 8.36. The fraction of sp³-hybridized carbons (Fsp3) is 0.800. The molecule has 0 aliphatic heterocycles. The van der Waals surface area contributed by atoms with Crippen molar-refractivity contribution in [2.45, 2.75) is 26.4 Å². The third-order valence-corrected chi connectivity index (χ3v) is 0.682. The van der Waals surface area contributed by atoms with Crippen LogP contribution in [0.5, 0.6) is 0 Å². The number of nitrogens with zero attached hydrogens (tertiary/aromatic N) is 1. The van der Waals surface area contributed by atoms with Crippen LogP contribution in [0.25, 0.3) is 0 Å². The van der Waals surface area contributed by atoms with Crippen LogP contribution in [0, 0.1) is 0 Å². The number of rotatable bonds is 0. The number of hydrogen-bond acceptors (Lipinski definition) is 3.